The van der Waals surface area contributed by atoms with Gasteiger partial charge in [0, 0.05) is 26.7 Å². The summed E-state index contributed by atoms with van der Waals surface area (Å²) in [6, 6.07) is -0.284. The quantitative estimate of drug-likeness (QED) is 0.541. The highest BCUT2D eigenvalue weighted by Crippen LogP contribution is 2.09. The van der Waals surface area contributed by atoms with Gasteiger partial charge in [0.2, 0.25) is 0 Å². The van der Waals surface area contributed by atoms with Crippen LogP contribution in [0.1, 0.15) is 0 Å². The number of morpholine rings is 1. The summed E-state index contributed by atoms with van der Waals surface area (Å²) in [5.41, 5.74) is 5.51. The van der Waals surface area contributed by atoms with Gasteiger partial charge < -0.3 is 15.2 Å². The standard InChI is InChI=1S/C8H19N3O4S/c1-14-4-2-10-16(12,13)11-3-5-15-7-8(11)6-9/h8,10H,2-7,9H2,1H3. The molecular weight excluding hydrogens is 234 g/mol. The van der Waals surface area contributed by atoms with E-state index in [1.165, 1.54) is 11.4 Å². The van der Waals surface area contributed by atoms with Crippen LogP contribution in [0.2, 0.25) is 0 Å². The number of hydrogen-bond donors (Lipinski definition) is 2. The molecule has 0 amide bonds. The number of nitrogens with zero attached hydrogens (tertiary/aromatic N) is 1. The maximum atomic E-state index is 11.9. The molecule has 0 radical (unpaired) electrons. The zero-order valence-corrected chi connectivity index (χ0v) is 10.2. The first-order valence-corrected chi connectivity index (χ1v) is 6.59. The summed E-state index contributed by atoms with van der Waals surface area (Å²) in [4.78, 5) is 0. The van der Waals surface area contributed by atoms with Gasteiger partial charge in [-0.2, -0.15) is 17.4 Å². The maximum absolute atomic E-state index is 11.9. The van der Waals surface area contributed by atoms with Gasteiger partial charge in [-0.15, -0.1) is 0 Å². The Kier molecular flexibility index (Phi) is 5.59. The molecule has 0 aromatic carbocycles. The fourth-order valence-corrected chi connectivity index (χ4v) is 2.86. The highest BCUT2D eigenvalue weighted by atomic mass is 32.2. The molecule has 1 heterocycles. The molecule has 0 bridgehead atoms. The van der Waals surface area contributed by atoms with Crippen LogP contribution in [0.3, 0.4) is 0 Å². The van der Waals surface area contributed by atoms with Crippen molar-refractivity contribution in [2.24, 2.45) is 5.73 Å². The Labute approximate surface area is 96.1 Å². The van der Waals surface area contributed by atoms with Gasteiger partial charge in [0.05, 0.1) is 25.9 Å². The summed E-state index contributed by atoms with van der Waals surface area (Å²) in [5, 5.41) is 0. The van der Waals surface area contributed by atoms with Crippen LogP contribution in [-0.2, 0) is 19.7 Å². The Morgan fingerprint density at radius 3 is 3.00 bits per heavy atom. The molecule has 1 rings (SSSR count). The van der Waals surface area contributed by atoms with E-state index in [1.807, 2.05) is 0 Å². The first-order valence-electron chi connectivity index (χ1n) is 5.15. The average molecular weight is 253 g/mol. The Balaban J connectivity index is 2.57. The third kappa shape index (κ3) is 3.65. The molecule has 0 aromatic heterocycles. The van der Waals surface area contributed by atoms with Crippen molar-refractivity contribution >= 4 is 10.2 Å². The third-order valence-electron chi connectivity index (χ3n) is 2.34. The van der Waals surface area contributed by atoms with Crippen LogP contribution in [-0.4, -0.2) is 65.3 Å². The third-order valence-corrected chi connectivity index (χ3v) is 4.01. The molecule has 0 aliphatic carbocycles. The van der Waals surface area contributed by atoms with Crippen molar-refractivity contribution in [1.82, 2.24) is 9.03 Å². The summed E-state index contributed by atoms with van der Waals surface area (Å²) in [5.74, 6) is 0. The van der Waals surface area contributed by atoms with Gasteiger partial charge in [-0.1, -0.05) is 0 Å². The highest BCUT2D eigenvalue weighted by Gasteiger charge is 2.31. The SMILES string of the molecule is COCCNS(=O)(=O)N1CCOCC1CN. The summed E-state index contributed by atoms with van der Waals surface area (Å²) in [6.45, 7) is 1.95. The zero-order chi connectivity index (χ0) is 12.0. The van der Waals surface area contributed by atoms with E-state index >= 15 is 0 Å². The van der Waals surface area contributed by atoms with E-state index in [-0.39, 0.29) is 19.1 Å². The minimum absolute atomic E-state index is 0.255. The monoisotopic (exact) mass is 253 g/mol. The van der Waals surface area contributed by atoms with Crippen molar-refractivity contribution in [3.8, 4) is 0 Å². The Morgan fingerprint density at radius 1 is 1.62 bits per heavy atom. The van der Waals surface area contributed by atoms with Crippen molar-refractivity contribution in [2.75, 3.05) is 46.6 Å². The summed E-state index contributed by atoms with van der Waals surface area (Å²) < 4.78 is 37.5. The first-order chi connectivity index (χ1) is 7.61. The lowest BCUT2D eigenvalue weighted by molar-refractivity contribution is 0.0351. The topological polar surface area (TPSA) is 93.9 Å². The van der Waals surface area contributed by atoms with Crippen molar-refractivity contribution in [2.45, 2.75) is 6.04 Å². The van der Waals surface area contributed by atoms with Crippen LogP contribution in [0.5, 0.6) is 0 Å². The highest BCUT2D eigenvalue weighted by molar-refractivity contribution is 7.87. The largest absolute Gasteiger partial charge is 0.383 e. The molecule has 1 saturated heterocycles. The number of nitrogens with one attached hydrogen (secondary N) is 1. The molecule has 8 heteroatoms. The van der Waals surface area contributed by atoms with E-state index in [0.29, 0.717) is 26.4 Å². The molecule has 0 saturated carbocycles. The lowest BCUT2D eigenvalue weighted by Crippen LogP contribution is -2.55. The summed E-state index contributed by atoms with van der Waals surface area (Å²) in [7, 11) is -1.95. The Morgan fingerprint density at radius 2 is 2.38 bits per heavy atom. The molecule has 1 fully saturated rings. The van der Waals surface area contributed by atoms with E-state index in [0.717, 1.165) is 0 Å². The second kappa shape index (κ2) is 6.48. The van der Waals surface area contributed by atoms with Crippen molar-refractivity contribution in [3.05, 3.63) is 0 Å². The second-order valence-corrected chi connectivity index (χ2v) is 5.18. The fourth-order valence-electron chi connectivity index (χ4n) is 1.50. The lowest BCUT2D eigenvalue weighted by Gasteiger charge is -2.33. The second-order valence-electron chi connectivity index (χ2n) is 3.47. The van der Waals surface area contributed by atoms with Crippen molar-refractivity contribution < 1.29 is 17.9 Å². The van der Waals surface area contributed by atoms with Gasteiger partial charge >= 0.3 is 0 Å². The van der Waals surface area contributed by atoms with Crippen LogP contribution < -0.4 is 10.5 Å². The molecule has 1 aliphatic heterocycles. The van der Waals surface area contributed by atoms with E-state index in [1.54, 1.807) is 0 Å². The van der Waals surface area contributed by atoms with Crippen LogP contribution >= 0.6 is 0 Å². The number of rotatable bonds is 6. The molecule has 0 aromatic rings. The van der Waals surface area contributed by atoms with Crippen molar-refractivity contribution in [3.63, 3.8) is 0 Å². The number of ether oxygens (including phenoxy) is 2. The van der Waals surface area contributed by atoms with Crippen LogP contribution in [0.25, 0.3) is 0 Å². The molecule has 1 aliphatic rings. The molecule has 0 spiro atoms. The average Bonchev–Trinajstić information content (AvgIpc) is 2.29. The molecule has 3 N–H and O–H groups in total. The van der Waals surface area contributed by atoms with E-state index in [9.17, 15) is 8.42 Å². The van der Waals surface area contributed by atoms with Crippen LogP contribution in [0, 0.1) is 0 Å². The Bertz CT molecular complexity index is 296. The first kappa shape index (κ1) is 13.8. The number of nitrogens with two attached hydrogens (primary N) is 1. The normalized spacial score (nSPS) is 23.5. The summed E-state index contributed by atoms with van der Waals surface area (Å²) in [6.07, 6.45) is 0. The predicted molar refractivity (Wildman–Crippen MR) is 59.2 cm³/mol. The molecule has 1 atom stereocenters. The zero-order valence-electron chi connectivity index (χ0n) is 9.39. The van der Waals surface area contributed by atoms with Gasteiger partial charge in [0.25, 0.3) is 10.2 Å². The molecular formula is C8H19N3O4S. The smallest absolute Gasteiger partial charge is 0.279 e. The van der Waals surface area contributed by atoms with Gasteiger partial charge in [-0.3, -0.25) is 0 Å². The van der Waals surface area contributed by atoms with E-state index < -0.39 is 10.2 Å². The van der Waals surface area contributed by atoms with Gasteiger partial charge in [-0.05, 0) is 0 Å². The number of hydrogen-bond acceptors (Lipinski definition) is 5. The predicted octanol–water partition coefficient (Wildman–Crippen LogP) is -1.87. The minimum atomic E-state index is -3.47. The maximum Gasteiger partial charge on any atom is 0.279 e. The van der Waals surface area contributed by atoms with Crippen molar-refractivity contribution in [1.29, 1.82) is 0 Å². The number of methoxy groups -OCH3 is 1. The van der Waals surface area contributed by atoms with Crippen LogP contribution in [0.15, 0.2) is 0 Å². The molecule has 16 heavy (non-hydrogen) atoms. The summed E-state index contributed by atoms with van der Waals surface area (Å²) >= 11 is 0. The molecule has 7 nitrogen and oxygen atoms in total. The fraction of sp³-hybridized carbons (Fsp3) is 1.00. The van der Waals surface area contributed by atoms with Gasteiger partial charge in [-0.25, -0.2) is 0 Å². The Hall–Kier alpha value is -0.250. The molecule has 96 valence electrons. The van der Waals surface area contributed by atoms with E-state index in [4.69, 9.17) is 15.2 Å². The van der Waals surface area contributed by atoms with Gasteiger partial charge in [0.1, 0.15) is 0 Å². The van der Waals surface area contributed by atoms with Gasteiger partial charge in [0.15, 0.2) is 0 Å². The van der Waals surface area contributed by atoms with E-state index in [2.05, 4.69) is 4.72 Å². The van der Waals surface area contributed by atoms with Crippen LogP contribution in [0.4, 0.5) is 0 Å². The lowest BCUT2D eigenvalue weighted by atomic mass is 10.3. The molecule has 1 unspecified atom stereocenters. The minimum Gasteiger partial charge on any atom is -0.383 e.